The van der Waals surface area contributed by atoms with Gasteiger partial charge in [-0.3, -0.25) is 0 Å². The molecule has 2 heterocycles. The van der Waals surface area contributed by atoms with Crippen molar-refractivity contribution >= 4 is 6.09 Å². The van der Waals surface area contributed by atoms with Crippen molar-refractivity contribution in [2.24, 2.45) is 0 Å². The molecule has 2 rings (SSSR count). The fourth-order valence-corrected chi connectivity index (χ4v) is 2.71. The van der Waals surface area contributed by atoms with E-state index in [2.05, 4.69) is 17.1 Å². The maximum atomic E-state index is 12.3. The summed E-state index contributed by atoms with van der Waals surface area (Å²) in [5.74, 6) is 1.05. The average Bonchev–Trinajstić information content (AvgIpc) is 2.89. The van der Waals surface area contributed by atoms with Crippen molar-refractivity contribution in [1.29, 1.82) is 0 Å². The van der Waals surface area contributed by atoms with Gasteiger partial charge in [-0.25, -0.2) is 4.79 Å². The Morgan fingerprint density at radius 1 is 1.43 bits per heavy atom. The fraction of sp³-hybridized carbons (Fsp3) is 0.812. The van der Waals surface area contributed by atoms with Crippen LogP contribution in [-0.2, 0) is 16.1 Å². The minimum atomic E-state index is -0.494. The molecular weight excluding hydrogens is 298 g/mol. The zero-order valence-corrected chi connectivity index (χ0v) is 14.7. The molecular formula is C16H27N3O4. The largest absolute Gasteiger partial charge is 0.444 e. The Hall–Kier alpha value is -1.63. The van der Waals surface area contributed by atoms with Gasteiger partial charge in [0, 0.05) is 13.5 Å². The number of hydrogen-bond acceptors (Lipinski definition) is 6. The summed E-state index contributed by atoms with van der Waals surface area (Å²) in [5, 5.41) is 3.85. The van der Waals surface area contributed by atoms with Crippen LogP contribution < -0.4 is 0 Å². The van der Waals surface area contributed by atoms with Crippen molar-refractivity contribution in [3.8, 4) is 0 Å². The molecule has 1 aromatic rings. The van der Waals surface area contributed by atoms with Crippen molar-refractivity contribution < 1.29 is 18.8 Å². The van der Waals surface area contributed by atoms with Crippen molar-refractivity contribution in [2.45, 2.75) is 71.7 Å². The smallest absolute Gasteiger partial charge is 0.410 e. The van der Waals surface area contributed by atoms with Gasteiger partial charge in [-0.1, -0.05) is 12.1 Å². The van der Waals surface area contributed by atoms with Crippen molar-refractivity contribution in [3.63, 3.8) is 0 Å². The maximum Gasteiger partial charge on any atom is 0.410 e. The number of aryl methyl sites for hydroxylation is 1. The lowest BCUT2D eigenvalue weighted by Crippen LogP contribution is -2.52. The van der Waals surface area contributed by atoms with E-state index in [1.165, 1.54) is 0 Å². The van der Waals surface area contributed by atoms with Gasteiger partial charge in [-0.2, -0.15) is 4.98 Å². The monoisotopic (exact) mass is 325 g/mol. The summed E-state index contributed by atoms with van der Waals surface area (Å²) in [5.41, 5.74) is -0.879. The van der Waals surface area contributed by atoms with Crippen LogP contribution in [0.2, 0.25) is 0 Å². The van der Waals surface area contributed by atoms with Gasteiger partial charge in [-0.15, -0.1) is 0 Å². The maximum absolute atomic E-state index is 12.3. The SMILES string of the molecule is CCC1(OCc2noc(C)n2)CCCN(C(=O)OC(C)(C)C)C1. The lowest BCUT2D eigenvalue weighted by molar-refractivity contribution is -0.103. The first-order valence-electron chi connectivity index (χ1n) is 8.14. The molecule has 1 atom stereocenters. The highest BCUT2D eigenvalue weighted by molar-refractivity contribution is 5.68. The van der Waals surface area contributed by atoms with Gasteiger partial charge < -0.3 is 18.9 Å². The van der Waals surface area contributed by atoms with Crippen molar-refractivity contribution in [3.05, 3.63) is 11.7 Å². The van der Waals surface area contributed by atoms with Crippen LogP contribution in [0.15, 0.2) is 4.52 Å². The third-order valence-corrected chi connectivity index (χ3v) is 3.91. The van der Waals surface area contributed by atoms with Crippen LogP contribution in [0.25, 0.3) is 0 Å². The number of aromatic nitrogens is 2. The summed E-state index contributed by atoms with van der Waals surface area (Å²) < 4.78 is 16.5. The lowest BCUT2D eigenvalue weighted by Gasteiger charge is -2.42. The second kappa shape index (κ2) is 6.86. The lowest BCUT2D eigenvalue weighted by atomic mass is 9.90. The third kappa shape index (κ3) is 4.92. The van der Waals surface area contributed by atoms with E-state index in [9.17, 15) is 4.79 Å². The van der Waals surface area contributed by atoms with Gasteiger partial charge in [0.1, 0.15) is 12.2 Å². The number of hydrogen-bond donors (Lipinski definition) is 0. The molecule has 1 amide bonds. The van der Waals surface area contributed by atoms with Gasteiger partial charge in [0.05, 0.1) is 12.1 Å². The first-order chi connectivity index (χ1) is 10.7. The molecule has 1 unspecified atom stereocenters. The number of ether oxygens (including phenoxy) is 2. The molecule has 0 aromatic carbocycles. The molecule has 0 radical (unpaired) electrons. The molecule has 0 aliphatic carbocycles. The van der Waals surface area contributed by atoms with Crippen molar-refractivity contribution in [2.75, 3.05) is 13.1 Å². The van der Waals surface area contributed by atoms with Crippen LogP contribution in [0.1, 0.15) is 58.7 Å². The number of carbonyl (C=O) groups excluding carboxylic acids is 1. The summed E-state index contributed by atoms with van der Waals surface area (Å²) >= 11 is 0. The standard InChI is InChI=1S/C16H27N3O4/c1-6-16(21-10-13-17-12(2)23-18-13)8-7-9-19(11-16)14(20)22-15(3,4)5/h6-11H2,1-5H3. The first kappa shape index (κ1) is 17.7. The van der Waals surface area contributed by atoms with Crippen molar-refractivity contribution in [1.82, 2.24) is 15.0 Å². The first-order valence-corrected chi connectivity index (χ1v) is 8.14. The highest BCUT2D eigenvalue weighted by Crippen LogP contribution is 2.30. The van der Waals surface area contributed by atoms with E-state index in [1.54, 1.807) is 11.8 Å². The molecule has 0 spiro atoms. The molecule has 0 N–H and O–H groups in total. The Bertz CT molecular complexity index is 538. The number of nitrogens with zero attached hydrogens (tertiary/aromatic N) is 3. The van der Waals surface area contributed by atoms with Gasteiger partial charge >= 0.3 is 6.09 Å². The number of amides is 1. The van der Waals surface area contributed by atoms with Gasteiger partial charge in [0.15, 0.2) is 5.82 Å². The highest BCUT2D eigenvalue weighted by Gasteiger charge is 2.38. The number of carbonyl (C=O) groups is 1. The van der Waals surface area contributed by atoms with Crippen LogP contribution in [0.5, 0.6) is 0 Å². The highest BCUT2D eigenvalue weighted by atomic mass is 16.6. The normalized spacial score (nSPS) is 22.2. The molecule has 7 heteroatoms. The molecule has 7 nitrogen and oxygen atoms in total. The predicted molar refractivity (Wildman–Crippen MR) is 83.9 cm³/mol. The Balaban J connectivity index is 1.98. The van der Waals surface area contributed by atoms with E-state index in [1.807, 2.05) is 20.8 Å². The number of piperidine rings is 1. The summed E-state index contributed by atoms with van der Waals surface area (Å²) in [6.45, 7) is 10.9. The summed E-state index contributed by atoms with van der Waals surface area (Å²) in [7, 11) is 0. The van der Waals surface area contributed by atoms with Crippen LogP contribution >= 0.6 is 0 Å². The quantitative estimate of drug-likeness (QED) is 0.846. The Morgan fingerprint density at radius 2 is 2.17 bits per heavy atom. The van der Waals surface area contributed by atoms with Gasteiger partial charge in [0.25, 0.3) is 0 Å². The van der Waals surface area contributed by atoms with Gasteiger partial charge in [-0.05, 0) is 40.0 Å². The Kier molecular flexibility index (Phi) is 5.29. The Morgan fingerprint density at radius 3 is 2.74 bits per heavy atom. The fourth-order valence-electron chi connectivity index (χ4n) is 2.71. The zero-order valence-electron chi connectivity index (χ0n) is 14.7. The molecule has 130 valence electrons. The summed E-state index contributed by atoms with van der Waals surface area (Å²) in [6, 6.07) is 0. The molecule has 0 bridgehead atoms. The molecule has 1 aliphatic heterocycles. The zero-order chi connectivity index (χ0) is 17.1. The molecule has 1 aromatic heterocycles. The Labute approximate surface area is 137 Å². The molecule has 0 saturated carbocycles. The molecule has 1 aliphatic rings. The van der Waals surface area contributed by atoms with Gasteiger partial charge in [0.2, 0.25) is 5.89 Å². The minimum absolute atomic E-state index is 0.283. The van der Waals surface area contributed by atoms with E-state index in [4.69, 9.17) is 14.0 Å². The molecule has 1 fully saturated rings. The topological polar surface area (TPSA) is 77.7 Å². The van der Waals surface area contributed by atoms with E-state index in [0.29, 0.717) is 24.8 Å². The van der Waals surface area contributed by atoms with Crippen LogP contribution in [0.3, 0.4) is 0 Å². The minimum Gasteiger partial charge on any atom is -0.444 e. The van der Waals surface area contributed by atoms with E-state index < -0.39 is 5.60 Å². The predicted octanol–water partition coefficient (Wildman–Crippen LogP) is 3.07. The van der Waals surface area contributed by atoms with E-state index >= 15 is 0 Å². The summed E-state index contributed by atoms with van der Waals surface area (Å²) in [4.78, 5) is 18.2. The third-order valence-electron chi connectivity index (χ3n) is 3.91. The average molecular weight is 325 g/mol. The number of likely N-dealkylation sites (tertiary alicyclic amines) is 1. The van der Waals surface area contributed by atoms with E-state index in [-0.39, 0.29) is 18.3 Å². The number of rotatable bonds is 4. The second-order valence-corrected chi connectivity index (χ2v) is 7.06. The summed E-state index contributed by atoms with van der Waals surface area (Å²) in [6.07, 6.45) is 2.32. The van der Waals surface area contributed by atoms with Crippen LogP contribution in [0.4, 0.5) is 4.79 Å². The molecule has 23 heavy (non-hydrogen) atoms. The van der Waals surface area contributed by atoms with Crippen LogP contribution in [-0.4, -0.2) is 45.4 Å². The molecule has 1 saturated heterocycles. The van der Waals surface area contributed by atoms with E-state index in [0.717, 1.165) is 19.3 Å². The second-order valence-electron chi connectivity index (χ2n) is 7.06. The van der Waals surface area contributed by atoms with Crippen LogP contribution in [0, 0.1) is 6.92 Å².